The lowest BCUT2D eigenvalue weighted by atomic mass is 9.93. The summed E-state index contributed by atoms with van der Waals surface area (Å²) in [6.07, 6.45) is 0. The van der Waals surface area contributed by atoms with E-state index in [2.05, 4.69) is 13.8 Å². The third kappa shape index (κ3) is 5.21. The highest BCUT2D eigenvalue weighted by molar-refractivity contribution is 6.51. The van der Waals surface area contributed by atoms with Gasteiger partial charge in [-0.3, -0.25) is 14.5 Å². The molecule has 1 fully saturated rings. The second-order valence-corrected chi connectivity index (χ2v) is 10.1. The fourth-order valence-corrected chi connectivity index (χ4v) is 4.86. The molecule has 1 aliphatic heterocycles. The van der Waals surface area contributed by atoms with Crippen molar-refractivity contribution in [2.24, 2.45) is 5.92 Å². The van der Waals surface area contributed by atoms with Crippen LogP contribution in [-0.4, -0.2) is 44.7 Å². The Hall–Kier alpha value is -4.46. The standard InChI is InChI=1S/C32H35NO7/c1-18(2)17-40-24-13-12-21(14-20(24)4)29(34)27-28(22-15-25(37-5)31(39-7)26(16-22)38-6)33(32(36)30(27)35)23-11-9-8-10-19(23)3/h8-16,18,28,34H,17H2,1-7H3/b29-27+. The first-order chi connectivity index (χ1) is 19.1. The number of Topliss-reactive ketones (excluding diaryl/α,β-unsaturated/α-hetero) is 1. The summed E-state index contributed by atoms with van der Waals surface area (Å²) in [6.45, 7) is 8.41. The smallest absolute Gasteiger partial charge is 0.300 e. The van der Waals surface area contributed by atoms with Crippen LogP contribution in [0.4, 0.5) is 5.69 Å². The van der Waals surface area contributed by atoms with Crippen LogP contribution in [0.25, 0.3) is 5.76 Å². The molecule has 1 atom stereocenters. The number of aryl methyl sites for hydroxylation is 2. The minimum Gasteiger partial charge on any atom is -0.507 e. The van der Waals surface area contributed by atoms with Crippen molar-refractivity contribution in [1.29, 1.82) is 0 Å². The number of hydrogen-bond acceptors (Lipinski definition) is 7. The maximum atomic E-state index is 13.6. The Labute approximate surface area is 234 Å². The molecule has 3 aromatic rings. The van der Waals surface area contributed by atoms with Crippen LogP contribution in [-0.2, 0) is 9.59 Å². The van der Waals surface area contributed by atoms with Gasteiger partial charge in [0.25, 0.3) is 11.7 Å². The third-order valence-corrected chi connectivity index (χ3v) is 6.84. The zero-order chi connectivity index (χ0) is 29.1. The zero-order valence-electron chi connectivity index (χ0n) is 23.9. The van der Waals surface area contributed by atoms with Crippen molar-refractivity contribution in [1.82, 2.24) is 0 Å². The molecule has 0 aliphatic carbocycles. The lowest BCUT2D eigenvalue weighted by Gasteiger charge is -2.27. The van der Waals surface area contributed by atoms with Gasteiger partial charge in [-0.05, 0) is 72.9 Å². The summed E-state index contributed by atoms with van der Waals surface area (Å²) >= 11 is 0. The monoisotopic (exact) mass is 545 g/mol. The average molecular weight is 546 g/mol. The van der Waals surface area contributed by atoms with Crippen LogP contribution in [0.15, 0.2) is 60.2 Å². The van der Waals surface area contributed by atoms with E-state index >= 15 is 0 Å². The van der Waals surface area contributed by atoms with Gasteiger partial charge in [0.15, 0.2) is 11.5 Å². The fraction of sp³-hybridized carbons (Fsp3) is 0.312. The number of hydrogen-bond donors (Lipinski definition) is 1. The van der Waals surface area contributed by atoms with Crippen molar-refractivity contribution in [3.8, 4) is 23.0 Å². The van der Waals surface area contributed by atoms with Gasteiger partial charge in [0.1, 0.15) is 11.5 Å². The molecule has 1 saturated heterocycles. The summed E-state index contributed by atoms with van der Waals surface area (Å²) in [5.41, 5.74) is 3.00. The Kier molecular flexibility index (Phi) is 8.38. The highest BCUT2D eigenvalue weighted by atomic mass is 16.5. The number of ether oxygens (including phenoxy) is 4. The van der Waals surface area contributed by atoms with Crippen molar-refractivity contribution in [3.63, 3.8) is 0 Å². The largest absolute Gasteiger partial charge is 0.507 e. The van der Waals surface area contributed by atoms with E-state index in [-0.39, 0.29) is 11.3 Å². The van der Waals surface area contributed by atoms with Crippen LogP contribution in [0.5, 0.6) is 23.0 Å². The summed E-state index contributed by atoms with van der Waals surface area (Å²) in [6, 6.07) is 14.9. The number of amides is 1. The third-order valence-electron chi connectivity index (χ3n) is 6.84. The number of nitrogens with zero attached hydrogens (tertiary/aromatic N) is 1. The first-order valence-corrected chi connectivity index (χ1v) is 13.0. The molecule has 1 unspecified atom stereocenters. The Balaban J connectivity index is 1.95. The summed E-state index contributed by atoms with van der Waals surface area (Å²) in [7, 11) is 4.48. The maximum absolute atomic E-state index is 13.6. The SMILES string of the molecule is COc1cc(C2/C(=C(\O)c3ccc(OCC(C)C)c(C)c3)C(=O)C(=O)N2c2ccccc2C)cc(OC)c1OC. The Morgan fingerprint density at radius 2 is 1.52 bits per heavy atom. The van der Waals surface area contributed by atoms with Crippen molar-refractivity contribution in [2.75, 3.05) is 32.8 Å². The molecular weight excluding hydrogens is 510 g/mol. The Bertz CT molecular complexity index is 1450. The summed E-state index contributed by atoms with van der Waals surface area (Å²) < 4.78 is 22.5. The van der Waals surface area contributed by atoms with E-state index in [1.807, 2.05) is 26.0 Å². The van der Waals surface area contributed by atoms with E-state index in [1.54, 1.807) is 42.5 Å². The van der Waals surface area contributed by atoms with Gasteiger partial charge in [0.05, 0.1) is 39.6 Å². The van der Waals surface area contributed by atoms with Gasteiger partial charge in [-0.1, -0.05) is 32.0 Å². The minimum absolute atomic E-state index is 0.0437. The van der Waals surface area contributed by atoms with Gasteiger partial charge in [0.2, 0.25) is 5.75 Å². The number of benzene rings is 3. The number of methoxy groups -OCH3 is 3. The number of rotatable bonds is 9. The van der Waals surface area contributed by atoms with Gasteiger partial charge in [-0.2, -0.15) is 0 Å². The predicted molar refractivity (Wildman–Crippen MR) is 154 cm³/mol. The molecule has 40 heavy (non-hydrogen) atoms. The van der Waals surface area contributed by atoms with Gasteiger partial charge in [-0.15, -0.1) is 0 Å². The molecule has 1 heterocycles. The van der Waals surface area contributed by atoms with Gasteiger partial charge in [0, 0.05) is 11.3 Å². The molecule has 0 saturated carbocycles. The van der Waals surface area contributed by atoms with Crippen LogP contribution in [0.3, 0.4) is 0 Å². The number of carbonyl (C=O) groups is 2. The topological polar surface area (TPSA) is 94.5 Å². The van der Waals surface area contributed by atoms with Crippen LogP contribution >= 0.6 is 0 Å². The number of anilines is 1. The first-order valence-electron chi connectivity index (χ1n) is 13.0. The van der Waals surface area contributed by atoms with Gasteiger partial charge in [-0.25, -0.2) is 0 Å². The summed E-state index contributed by atoms with van der Waals surface area (Å²) in [4.78, 5) is 28.7. The average Bonchev–Trinajstić information content (AvgIpc) is 3.20. The number of carbonyl (C=O) groups excluding carboxylic acids is 2. The minimum atomic E-state index is -0.966. The molecule has 0 bridgehead atoms. The number of aliphatic hydroxyl groups excluding tert-OH is 1. The molecule has 0 radical (unpaired) electrons. The molecule has 3 aromatic carbocycles. The fourth-order valence-electron chi connectivity index (χ4n) is 4.86. The molecule has 210 valence electrons. The van der Waals surface area contributed by atoms with E-state index < -0.39 is 17.7 Å². The second-order valence-electron chi connectivity index (χ2n) is 10.1. The van der Waals surface area contributed by atoms with E-state index in [1.165, 1.54) is 26.2 Å². The maximum Gasteiger partial charge on any atom is 0.300 e. The molecule has 1 amide bonds. The number of aliphatic hydroxyl groups is 1. The zero-order valence-corrected chi connectivity index (χ0v) is 23.9. The highest BCUT2D eigenvalue weighted by Gasteiger charge is 2.47. The van der Waals surface area contributed by atoms with E-state index in [0.29, 0.717) is 52.3 Å². The van der Waals surface area contributed by atoms with Gasteiger partial charge >= 0.3 is 0 Å². The molecule has 1 aliphatic rings. The van der Waals surface area contributed by atoms with Crippen LogP contribution < -0.4 is 23.8 Å². The molecule has 0 aromatic heterocycles. The number of ketones is 1. The summed E-state index contributed by atoms with van der Waals surface area (Å²) in [5.74, 6) is 0.293. The number of para-hydroxylation sites is 1. The summed E-state index contributed by atoms with van der Waals surface area (Å²) in [5, 5.41) is 11.6. The molecule has 1 N–H and O–H groups in total. The molecular formula is C32H35NO7. The van der Waals surface area contributed by atoms with Crippen molar-refractivity contribution in [2.45, 2.75) is 33.7 Å². The Morgan fingerprint density at radius 3 is 2.08 bits per heavy atom. The second kappa shape index (κ2) is 11.7. The van der Waals surface area contributed by atoms with Crippen LogP contribution in [0, 0.1) is 19.8 Å². The predicted octanol–water partition coefficient (Wildman–Crippen LogP) is 5.99. The van der Waals surface area contributed by atoms with Crippen molar-refractivity contribution in [3.05, 3.63) is 82.4 Å². The van der Waals surface area contributed by atoms with Gasteiger partial charge < -0.3 is 24.1 Å². The quantitative estimate of drug-likeness (QED) is 0.200. The van der Waals surface area contributed by atoms with E-state index in [9.17, 15) is 14.7 Å². The van der Waals surface area contributed by atoms with Crippen molar-refractivity contribution >= 4 is 23.1 Å². The van der Waals surface area contributed by atoms with E-state index in [4.69, 9.17) is 18.9 Å². The molecule has 4 rings (SSSR count). The first kappa shape index (κ1) is 28.5. The molecule has 8 nitrogen and oxygen atoms in total. The highest BCUT2D eigenvalue weighted by Crippen LogP contribution is 2.47. The lowest BCUT2D eigenvalue weighted by Crippen LogP contribution is -2.30. The lowest BCUT2D eigenvalue weighted by molar-refractivity contribution is -0.132. The Morgan fingerprint density at radius 1 is 0.875 bits per heavy atom. The molecule has 8 heteroatoms. The van der Waals surface area contributed by atoms with Crippen LogP contribution in [0.1, 0.15) is 42.1 Å². The normalized spacial score (nSPS) is 16.4. The van der Waals surface area contributed by atoms with Crippen molar-refractivity contribution < 1.29 is 33.6 Å². The van der Waals surface area contributed by atoms with E-state index in [0.717, 1.165) is 11.1 Å². The molecule has 0 spiro atoms. The van der Waals surface area contributed by atoms with Crippen LogP contribution in [0.2, 0.25) is 0 Å².